The first-order valence-electron chi connectivity index (χ1n) is 9.32. The molecule has 4 atom stereocenters. The summed E-state index contributed by atoms with van der Waals surface area (Å²) in [5.74, 6) is 0.767. The summed E-state index contributed by atoms with van der Waals surface area (Å²) >= 11 is 2.05. The Morgan fingerprint density at radius 3 is 2.39 bits per heavy atom. The summed E-state index contributed by atoms with van der Waals surface area (Å²) in [5.41, 5.74) is 0.284. The number of ether oxygens (including phenoxy) is 1. The highest BCUT2D eigenvalue weighted by atomic mass is 32.1. The average molecular weight is 336 g/mol. The van der Waals surface area contributed by atoms with Gasteiger partial charge < -0.3 is 4.74 Å². The van der Waals surface area contributed by atoms with Crippen molar-refractivity contribution >= 4 is 11.3 Å². The molecule has 3 heteroatoms. The van der Waals surface area contributed by atoms with Crippen LogP contribution in [-0.4, -0.2) is 36.2 Å². The van der Waals surface area contributed by atoms with E-state index in [1.165, 1.54) is 30.6 Å². The summed E-state index contributed by atoms with van der Waals surface area (Å²) in [6.07, 6.45) is 6.22. The van der Waals surface area contributed by atoms with Crippen LogP contribution in [0.15, 0.2) is 12.1 Å². The number of nitrogens with zero attached hydrogens (tertiary/aromatic N) is 1. The van der Waals surface area contributed by atoms with Gasteiger partial charge in [0.25, 0.3) is 0 Å². The maximum atomic E-state index is 5.92. The predicted molar refractivity (Wildman–Crippen MR) is 99.6 cm³/mol. The smallest absolute Gasteiger partial charge is 0.0678 e. The van der Waals surface area contributed by atoms with E-state index in [1.807, 2.05) is 0 Å². The minimum Gasteiger partial charge on any atom is -0.373 e. The first-order valence-corrected chi connectivity index (χ1v) is 10.1. The molecule has 2 nitrogen and oxygen atoms in total. The van der Waals surface area contributed by atoms with Crippen molar-refractivity contribution < 1.29 is 4.74 Å². The van der Waals surface area contributed by atoms with E-state index < -0.39 is 0 Å². The number of morpholine rings is 1. The van der Waals surface area contributed by atoms with E-state index in [2.05, 4.69) is 63.0 Å². The lowest BCUT2D eigenvalue weighted by atomic mass is 9.83. The van der Waals surface area contributed by atoms with Crippen LogP contribution in [0.5, 0.6) is 0 Å². The van der Waals surface area contributed by atoms with Crippen LogP contribution < -0.4 is 0 Å². The fourth-order valence-electron chi connectivity index (χ4n) is 4.25. The van der Waals surface area contributed by atoms with Crippen LogP contribution in [0.2, 0.25) is 0 Å². The molecule has 0 amide bonds. The summed E-state index contributed by atoms with van der Waals surface area (Å²) in [5, 5.41) is 0. The molecule has 0 N–H and O–H groups in total. The normalized spacial score (nSPS) is 33.8. The van der Waals surface area contributed by atoms with E-state index >= 15 is 0 Å². The molecule has 2 heterocycles. The van der Waals surface area contributed by atoms with Crippen molar-refractivity contribution in [1.29, 1.82) is 0 Å². The monoisotopic (exact) mass is 335 g/mol. The van der Waals surface area contributed by atoms with Crippen LogP contribution in [0.1, 0.15) is 76.0 Å². The van der Waals surface area contributed by atoms with E-state index in [-0.39, 0.29) is 5.41 Å². The Kier molecular flexibility index (Phi) is 5.20. The molecule has 3 rings (SSSR count). The minimum atomic E-state index is 0.284. The molecule has 0 spiro atoms. The van der Waals surface area contributed by atoms with E-state index in [0.717, 1.165) is 25.0 Å². The minimum absolute atomic E-state index is 0.284. The fraction of sp³-hybridized carbons (Fsp3) is 0.800. The third-order valence-electron chi connectivity index (χ3n) is 5.38. The van der Waals surface area contributed by atoms with Crippen LogP contribution in [0.4, 0.5) is 0 Å². The Morgan fingerprint density at radius 2 is 1.78 bits per heavy atom. The van der Waals surface area contributed by atoms with Gasteiger partial charge in [0.05, 0.1) is 12.2 Å². The highest BCUT2D eigenvalue weighted by molar-refractivity contribution is 7.12. The summed E-state index contributed by atoms with van der Waals surface area (Å²) in [7, 11) is 0. The molecule has 130 valence electrons. The first-order chi connectivity index (χ1) is 10.8. The Morgan fingerprint density at radius 1 is 1.09 bits per heavy atom. The van der Waals surface area contributed by atoms with Gasteiger partial charge in [0.1, 0.15) is 0 Å². The summed E-state index contributed by atoms with van der Waals surface area (Å²) in [6.45, 7) is 13.6. The summed E-state index contributed by atoms with van der Waals surface area (Å²) < 4.78 is 5.92. The molecular weight excluding hydrogens is 302 g/mol. The van der Waals surface area contributed by atoms with E-state index in [4.69, 9.17) is 4.74 Å². The van der Waals surface area contributed by atoms with Crippen LogP contribution >= 0.6 is 11.3 Å². The molecule has 1 aliphatic heterocycles. The molecule has 0 aromatic carbocycles. The lowest BCUT2D eigenvalue weighted by molar-refractivity contribution is -0.0847. The third-order valence-corrected chi connectivity index (χ3v) is 7.05. The van der Waals surface area contributed by atoms with Gasteiger partial charge in [-0.15, -0.1) is 11.3 Å². The van der Waals surface area contributed by atoms with Crippen LogP contribution in [0, 0.1) is 0 Å². The highest BCUT2D eigenvalue weighted by Crippen LogP contribution is 2.40. The van der Waals surface area contributed by atoms with Gasteiger partial charge in [0.15, 0.2) is 0 Å². The zero-order valence-electron chi connectivity index (χ0n) is 15.5. The molecule has 0 unspecified atom stereocenters. The SMILES string of the molecule is C[C@@H]1CN([C@H]2CCC[C@@H](c3ccc(C(C)(C)C)s3)C2)C[C@H](C)O1. The molecule has 1 saturated heterocycles. The first kappa shape index (κ1) is 17.4. The van der Waals surface area contributed by atoms with Gasteiger partial charge in [-0.2, -0.15) is 0 Å². The van der Waals surface area contributed by atoms with E-state index in [0.29, 0.717) is 12.2 Å². The second-order valence-corrected chi connectivity index (χ2v) is 9.80. The predicted octanol–water partition coefficient (Wildman–Crippen LogP) is 5.18. The maximum Gasteiger partial charge on any atom is 0.0678 e. The summed E-state index contributed by atoms with van der Waals surface area (Å²) in [4.78, 5) is 5.86. The molecular formula is C20H33NOS. The molecule has 23 heavy (non-hydrogen) atoms. The van der Waals surface area contributed by atoms with E-state index in [1.54, 1.807) is 4.88 Å². The van der Waals surface area contributed by atoms with Crippen molar-refractivity contribution in [2.75, 3.05) is 13.1 Å². The van der Waals surface area contributed by atoms with Crippen molar-refractivity contribution in [3.05, 3.63) is 21.9 Å². The van der Waals surface area contributed by atoms with Crippen molar-refractivity contribution in [1.82, 2.24) is 4.90 Å². The Labute approximate surface area is 146 Å². The Bertz CT molecular complexity index is 508. The fourth-order valence-corrected chi connectivity index (χ4v) is 5.46. The van der Waals surface area contributed by atoms with Crippen molar-refractivity contribution in [2.45, 2.75) is 89.9 Å². The summed E-state index contributed by atoms with van der Waals surface area (Å²) in [6, 6.07) is 5.52. The third kappa shape index (κ3) is 4.18. The van der Waals surface area contributed by atoms with Gasteiger partial charge >= 0.3 is 0 Å². The van der Waals surface area contributed by atoms with Crippen molar-refractivity contribution in [2.24, 2.45) is 0 Å². The molecule has 0 radical (unpaired) electrons. The highest BCUT2D eigenvalue weighted by Gasteiger charge is 2.32. The van der Waals surface area contributed by atoms with Gasteiger partial charge in [-0.25, -0.2) is 0 Å². The number of thiophene rings is 1. The Balaban J connectivity index is 1.67. The molecule has 1 aromatic heterocycles. The number of rotatable bonds is 2. The second kappa shape index (κ2) is 6.85. The number of hydrogen-bond acceptors (Lipinski definition) is 3. The molecule has 2 fully saturated rings. The van der Waals surface area contributed by atoms with Crippen molar-refractivity contribution in [3.63, 3.8) is 0 Å². The quantitative estimate of drug-likeness (QED) is 0.738. The lowest BCUT2D eigenvalue weighted by Gasteiger charge is -2.43. The Hall–Kier alpha value is -0.380. The zero-order valence-corrected chi connectivity index (χ0v) is 16.3. The lowest BCUT2D eigenvalue weighted by Crippen LogP contribution is -2.51. The van der Waals surface area contributed by atoms with Crippen LogP contribution in [-0.2, 0) is 10.2 Å². The second-order valence-electron chi connectivity index (χ2n) is 8.68. The molecule has 2 aliphatic rings. The standard InChI is InChI=1S/C20H33NOS/c1-14-12-21(13-15(2)22-14)17-8-6-7-16(11-17)18-9-10-19(23-18)20(3,4)5/h9-10,14-17H,6-8,11-13H2,1-5H3/t14-,15+,16-,17+/m1/s1. The topological polar surface area (TPSA) is 12.5 Å². The zero-order chi connectivity index (χ0) is 16.6. The van der Waals surface area contributed by atoms with Gasteiger partial charge in [-0.1, -0.05) is 27.2 Å². The molecule has 1 aliphatic carbocycles. The van der Waals surface area contributed by atoms with Crippen LogP contribution in [0.25, 0.3) is 0 Å². The van der Waals surface area contributed by atoms with Crippen LogP contribution in [0.3, 0.4) is 0 Å². The van der Waals surface area contributed by atoms with Gasteiger partial charge in [-0.3, -0.25) is 4.90 Å². The van der Waals surface area contributed by atoms with Gasteiger partial charge in [0, 0.05) is 28.9 Å². The molecule has 1 aromatic rings. The number of hydrogen-bond donors (Lipinski definition) is 0. The molecule has 0 bridgehead atoms. The molecule has 1 saturated carbocycles. The maximum absolute atomic E-state index is 5.92. The largest absolute Gasteiger partial charge is 0.373 e. The van der Waals surface area contributed by atoms with E-state index in [9.17, 15) is 0 Å². The average Bonchev–Trinajstić information content (AvgIpc) is 2.96. The van der Waals surface area contributed by atoms with Gasteiger partial charge in [0.2, 0.25) is 0 Å². The van der Waals surface area contributed by atoms with Gasteiger partial charge in [-0.05, 0) is 56.6 Å². The van der Waals surface area contributed by atoms with Crippen molar-refractivity contribution in [3.8, 4) is 0 Å².